The first-order valence-corrected chi connectivity index (χ1v) is 9.45. The van der Waals surface area contributed by atoms with Crippen LogP contribution in [0.4, 0.5) is 11.4 Å². The predicted octanol–water partition coefficient (Wildman–Crippen LogP) is 5.28. The lowest BCUT2D eigenvalue weighted by atomic mass is 9.91. The van der Waals surface area contributed by atoms with Gasteiger partial charge in [0, 0.05) is 17.2 Å². The highest BCUT2D eigenvalue weighted by Crippen LogP contribution is 2.34. The number of hydrogen-bond donors (Lipinski definition) is 0. The Morgan fingerprint density at radius 3 is 2.37 bits per heavy atom. The van der Waals surface area contributed by atoms with Gasteiger partial charge in [-0.15, -0.1) is 0 Å². The number of nitro benzene ring substituents is 1. The number of fused-ring (bicyclic) bond motifs is 1. The van der Waals surface area contributed by atoms with Crippen molar-refractivity contribution in [2.75, 3.05) is 4.90 Å². The van der Waals surface area contributed by atoms with Gasteiger partial charge in [-0.1, -0.05) is 48.0 Å². The zero-order valence-corrected chi connectivity index (χ0v) is 16.6. The Morgan fingerprint density at radius 1 is 0.933 bits per heavy atom. The molecule has 4 rings (SSSR count). The average Bonchev–Trinajstić information content (AvgIpc) is 2.72. The molecule has 0 saturated heterocycles. The van der Waals surface area contributed by atoms with Crippen LogP contribution in [0, 0.1) is 17.0 Å². The summed E-state index contributed by atoms with van der Waals surface area (Å²) in [6.07, 6.45) is 1.54. The highest BCUT2D eigenvalue weighted by Gasteiger charge is 2.35. The molecule has 0 radical (unpaired) electrons. The molecule has 0 N–H and O–H groups in total. The Balaban J connectivity index is 1.90. The molecular formula is C23H15ClN2O4. The number of nitrogens with zero attached hydrogens (tertiary/aromatic N) is 2. The van der Waals surface area contributed by atoms with E-state index in [-0.39, 0.29) is 16.3 Å². The Hall–Kier alpha value is -3.77. The summed E-state index contributed by atoms with van der Waals surface area (Å²) < 4.78 is 0. The van der Waals surface area contributed by atoms with Gasteiger partial charge in [-0.3, -0.25) is 19.7 Å². The summed E-state index contributed by atoms with van der Waals surface area (Å²) in [7, 11) is 0. The van der Waals surface area contributed by atoms with Gasteiger partial charge in [0.2, 0.25) is 0 Å². The van der Waals surface area contributed by atoms with Crippen molar-refractivity contribution in [1.82, 2.24) is 0 Å². The first-order valence-electron chi connectivity index (χ1n) is 9.07. The van der Waals surface area contributed by atoms with Crippen molar-refractivity contribution in [1.29, 1.82) is 0 Å². The molecule has 1 aliphatic heterocycles. The molecule has 6 nitrogen and oxygen atoms in total. The lowest BCUT2D eigenvalue weighted by Gasteiger charge is -2.29. The number of nitro groups is 1. The van der Waals surface area contributed by atoms with Crippen LogP contribution in [0.25, 0.3) is 11.6 Å². The fourth-order valence-corrected chi connectivity index (χ4v) is 3.61. The SMILES string of the molecule is Cc1cccc(N2C(=O)C(=Cc3ccc(Cl)c([N+](=O)[O-])c3)c3ccccc3C2=O)c1. The number of halogens is 1. The molecule has 3 aromatic carbocycles. The lowest BCUT2D eigenvalue weighted by molar-refractivity contribution is -0.384. The van der Waals surface area contributed by atoms with Gasteiger partial charge in [0.25, 0.3) is 17.5 Å². The number of rotatable bonds is 3. The third-order valence-corrected chi connectivity index (χ3v) is 5.14. The number of carbonyl (C=O) groups excluding carboxylic acids is 2. The molecule has 0 aliphatic carbocycles. The molecule has 2 amide bonds. The lowest BCUT2D eigenvalue weighted by Crippen LogP contribution is -2.41. The zero-order valence-electron chi connectivity index (χ0n) is 15.8. The van der Waals surface area contributed by atoms with Crippen LogP contribution in [0.15, 0.2) is 66.7 Å². The van der Waals surface area contributed by atoms with Crippen LogP contribution in [0.2, 0.25) is 5.02 Å². The second-order valence-corrected chi connectivity index (χ2v) is 7.26. The quantitative estimate of drug-likeness (QED) is 0.250. The molecule has 0 fully saturated rings. The molecule has 0 unspecified atom stereocenters. The van der Waals surface area contributed by atoms with E-state index in [0.29, 0.717) is 22.4 Å². The van der Waals surface area contributed by atoms with E-state index in [2.05, 4.69) is 0 Å². The molecule has 0 spiro atoms. The fourth-order valence-electron chi connectivity index (χ4n) is 3.42. The average molecular weight is 419 g/mol. The van der Waals surface area contributed by atoms with Crippen LogP contribution in [0.1, 0.15) is 27.0 Å². The normalized spacial score (nSPS) is 14.7. The van der Waals surface area contributed by atoms with Crippen molar-refractivity contribution < 1.29 is 14.5 Å². The number of amides is 2. The zero-order chi connectivity index (χ0) is 21.4. The standard InChI is InChI=1S/C23H15ClN2O4/c1-14-5-4-6-16(11-14)25-22(27)18-8-3-2-7-17(18)19(23(25)28)12-15-9-10-20(24)21(13-15)26(29)30/h2-13H,1H3. The molecule has 30 heavy (non-hydrogen) atoms. The Kier molecular flexibility index (Phi) is 4.93. The largest absolute Gasteiger partial charge is 0.288 e. The van der Waals surface area contributed by atoms with Gasteiger partial charge >= 0.3 is 0 Å². The van der Waals surface area contributed by atoms with Crippen molar-refractivity contribution in [3.63, 3.8) is 0 Å². The summed E-state index contributed by atoms with van der Waals surface area (Å²) in [6.45, 7) is 1.87. The van der Waals surface area contributed by atoms with E-state index in [1.807, 2.05) is 13.0 Å². The second kappa shape index (κ2) is 7.57. The summed E-state index contributed by atoms with van der Waals surface area (Å²) in [4.78, 5) is 38.2. The van der Waals surface area contributed by atoms with Crippen molar-refractivity contribution in [3.8, 4) is 0 Å². The highest BCUT2D eigenvalue weighted by molar-refractivity contribution is 6.43. The topological polar surface area (TPSA) is 80.5 Å². The Bertz CT molecular complexity index is 1250. The summed E-state index contributed by atoms with van der Waals surface area (Å²) in [5.74, 6) is -0.915. The van der Waals surface area contributed by atoms with E-state index < -0.39 is 16.7 Å². The van der Waals surface area contributed by atoms with E-state index in [0.717, 1.165) is 10.5 Å². The maximum absolute atomic E-state index is 13.4. The molecule has 1 heterocycles. The smallest absolute Gasteiger partial charge is 0.268 e. The molecule has 0 aromatic heterocycles. The summed E-state index contributed by atoms with van der Waals surface area (Å²) in [5.41, 5.74) is 2.68. The molecule has 1 aliphatic rings. The minimum absolute atomic E-state index is 0.00841. The monoisotopic (exact) mass is 418 g/mol. The third-order valence-electron chi connectivity index (χ3n) is 4.82. The molecule has 148 valence electrons. The van der Waals surface area contributed by atoms with Crippen LogP contribution < -0.4 is 4.90 Å². The maximum Gasteiger partial charge on any atom is 0.288 e. The minimum Gasteiger partial charge on any atom is -0.268 e. The molecule has 3 aromatic rings. The van der Waals surface area contributed by atoms with Crippen LogP contribution >= 0.6 is 11.6 Å². The van der Waals surface area contributed by atoms with E-state index >= 15 is 0 Å². The Labute approximate surface area is 177 Å². The Morgan fingerprint density at radius 2 is 1.67 bits per heavy atom. The van der Waals surface area contributed by atoms with E-state index in [4.69, 9.17) is 11.6 Å². The minimum atomic E-state index is -0.580. The van der Waals surface area contributed by atoms with Gasteiger partial charge < -0.3 is 0 Å². The highest BCUT2D eigenvalue weighted by atomic mass is 35.5. The number of anilines is 1. The summed E-state index contributed by atoms with van der Waals surface area (Å²) in [6, 6.07) is 18.2. The van der Waals surface area contributed by atoms with Crippen molar-refractivity contribution in [2.45, 2.75) is 6.92 Å². The molecule has 0 atom stereocenters. The van der Waals surface area contributed by atoms with E-state index in [1.165, 1.54) is 12.1 Å². The number of carbonyl (C=O) groups is 2. The van der Waals surface area contributed by atoms with Gasteiger partial charge in [0.05, 0.1) is 10.6 Å². The number of imide groups is 1. The van der Waals surface area contributed by atoms with E-state index in [9.17, 15) is 19.7 Å². The summed E-state index contributed by atoms with van der Waals surface area (Å²) >= 11 is 5.90. The number of benzene rings is 3. The van der Waals surface area contributed by atoms with Gasteiger partial charge in [0.15, 0.2) is 0 Å². The van der Waals surface area contributed by atoms with Gasteiger partial charge in [-0.2, -0.15) is 0 Å². The van der Waals surface area contributed by atoms with E-state index in [1.54, 1.807) is 54.6 Å². The predicted molar refractivity (Wildman–Crippen MR) is 115 cm³/mol. The molecule has 7 heteroatoms. The fraction of sp³-hybridized carbons (Fsp3) is 0.0435. The van der Waals surface area contributed by atoms with Gasteiger partial charge in [-0.25, -0.2) is 4.90 Å². The van der Waals surface area contributed by atoms with Crippen molar-refractivity contribution in [3.05, 3.63) is 104 Å². The van der Waals surface area contributed by atoms with Crippen LogP contribution in [0.5, 0.6) is 0 Å². The number of aryl methyl sites for hydroxylation is 1. The second-order valence-electron chi connectivity index (χ2n) is 6.86. The maximum atomic E-state index is 13.4. The molecule has 0 bridgehead atoms. The van der Waals surface area contributed by atoms with Crippen LogP contribution in [-0.2, 0) is 4.79 Å². The molecular weight excluding hydrogens is 404 g/mol. The molecule has 0 saturated carbocycles. The van der Waals surface area contributed by atoms with Crippen LogP contribution in [-0.4, -0.2) is 16.7 Å². The third kappa shape index (κ3) is 3.38. The first-order chi connectivity index (χ1) is 14.4. The first kappa shape index (κ1) is 19.5. The van der Waals surface area contributed by atoms with Gasteiger partial charge in [0.1, 0.15) is 5.02 Å². The number of hydrogen-bond acceptors (Lipinski definition) is 4. The van der Waals surface area contributed by atoms with Crippen molar-refractivity contribution >= 4 is 46.4 Å². The van der Waals surface area contributed by atoms with Gasteiger partial charge in [-0.05, 0) is 54.0 Å². The van der Waals surface area contributed by atoms with Crippen molar-refractivity contribution in [2.24, 2.45) is 0 Å². The summed E-state index contributed by atoms with van der Waals surface area (Å²) in [5, 5.41) is 11.2. The van der Waals surface area contributed by atoms with Crippen LogP contribution in [0.3, 0.4) is 0 Å².